The Balaban J connectivity index is 2.67. The molecule has 0 atom stereocenters. The van der Waals surface area contributed by atoms with Crippen LogP contribution in [0.15, 0.2) is 12.3 Å². The summed E-state index contributed by atoms with van der Waals surface area (Å²) in [6, 6.07) is 1.48. The Morgan fingerprint density at radius 3 is 2.59 bits per heavy atom. The maximum Gasteiger partial charge on any atom is 0.237 e. The number of sulfonamides is 1. The summed E-state index contributed by atoms with van der Waals surface area (Å²) in [6.07, 6.45) is 1.96. The maximum absolute atomic E-state index is 11.7. The molecule has 0 aromatic carbocycles. The van der Waals surface area contributed by atoms with Crippen LogP contribution in [0.4, 0.5) is 5.95 Å². The summed E-state index contributed by atoms with van der Waals surface area (Å²) in [5.74, 6) is 0.0400. The van der Waals surface area contributed by atoms with E-state index in [0.717, 1.165) is 0 Å². The van der Waals surface area contributed by atoms with Gasteiger partial charge in [-0.05, 0) is 17.9 Å². The SMILES string of the molecule is CC(C)(C)CCS(=O)(=O)Nc1nccc(Cl)n1. The lowest BCUT2D eigenvalue weighted by Crippen LogP contribution is -2.21. The monoisotopic (exact) mass is 277 g/mol. The molecular weight excluding hydrogens is 262 g/mol. The van der Waals surface area contributed by atoms with Gasteiger partial charge in [-0.15, -0.1) is 0 Å². The molecule has 0 spiro atoms. The third kappa shape index (κ3) is 5.83. The molecule has 0 saturated carbocycles. The first kappa shape index (κ1) is 14.2. The van der Waals surface area contributed by atoms with Gasteiger partial charge in [-0.25, -0.2) is 18.4 Å². The van der Waals surface area contributed by atoms with Crippen LogP contribution in [-0.4, -0.2) is 24.1 Å². The number of halogens is 1. The molecule has 1 aromatic heterocycles. The van der Waals surface area contributed by atoms with Crippen molar-refractivity contribution in [2.24, 2.45) is 5.41 Å². The summed E-state index contributed by atoms with van der Waals surface area (Å²) >= 11 is 5.64. The van der Waals surface area contributed by atoms with Crippen LogP contribution in [0.3, 0.4) is 0 Å². The van der Waals surface area contributed by atoms with E-state index in [1.165, 1.54) is 12.3 Å². The molecule has 1 heterocycles. The van der Waals surface area contributed by atoms with Gasteiger partial charge in [0.1, 0.15) is 5.15 Å². The predicted molar refractivity (Wildman–Crippen MR) is 68.5 cm³/mol. The molecule has 0 amide bonds. The second-order valence-electron chi connectivity index (χ2n) is 4.93. The zero-order valence-electron chi connectivity index (χ0n) is 10.1. The van der Waals surface area contributed by atoms with E-state index in [4.69, 9.17) is 11.6 Å². The Morgan fingerprint density at radius 1 is 1.41 bits per heavy atom. The van der Waals surface area contributed by atoms with Crippen LogP contribution in [-0.2, 0) is 10.0 Å². The lowest BCUT2D eigenvalue weighted by molar-refractivity contribution is 0.397. The summed E-state index contributed by atoms with van der Waals surface area (Å²) in [5, 5.41) is 0.202. The minimum atomic E-state index is -3.42. The van der Waals surface area contributed by atoms with E-state index in [9.17, 15) is 8.42 Å². The van der Waals surface area contributed by atoms with Crippen molar-refractivity contribution in [1.29, 1.82) is 0 Å². The molecule has 1 rings (SSSR count). The molecule has 0 aliphatic rings. The number of anilines is 1. The molecule has 96 valence electrons. The first-order chi connectivity index (χ1) is 7.68. The van der Waals surface area contributed by atoms with E-state index in [0.29, 0.717) is 6.42 Å². The molecule has 0 bridgehead atoms. The van der Waals surface area contributed by atoms with Gasteiger partial charge in [-0.1, -0.05) is 32.4 Å². The van der Waals surface area contributed by atoms with E-state index in [2.05, 4.69) is 14.7 Å². The van der Waals surface area contributed by atoms with E-state index < -0.39 is 10.0 Å². The first-order valence-corrected chi connectivity index (χ1v) is 7.20. The van der Waals surface area contributed by atoms with Gasteiger partial charge in [0.05, 0.1) is 5.75 Å². The molecular formula is C10H16ClN3O2S. The van der Waals surface area contributed by atoms with Gasteiger partial charge < -0.3 is 0 Å². The van der Waals surface area contributed by atoms with Gasteiger partial charge in [-0.3, -0.25) is 4.72 Å². The van der Waals surface area contributed by atoms with Crippen molar-refractivity contribution in [2.45, 2.75) is 27.2 Å². The van der Waals surface area contributed by atoms with Gasteiger partial charge in [-0.2, -0.15) is 0 Å². The molecule has 0 fully saturated rings. The van der Waals surface area contributed by atoms with Crippen LogP contribution in [0.5, 0.6) is 0 Å². The Labute approximate surface area is 107 Å². The van der Waals surface area contributed by atoms with Gasteiger partial charge in [0.2, 0.25) is 16.0 Å². The van der Waals surface area contributed by atoms with Crippen LogP contribution >= 0.6 is 11.6 Å². The molecule has 0 aliphatic heterocycles. The van der Waals surface area contributed by atoms with Gasteiger partial charge in [0, 0.05) is 6.20 Å². The highest BCUT2D eigenvalue weighted by Gasteiger charge is 2.18. The number of rotatable bonds is 4. The predicted octanol–water partition coefficient (Wildman–Crippen LogP) is 2.31. The van der Waals surface area contributed by atoms with Crippen LogP contribution < -0.4 is 4.72 Å². The normalized spacial score (nSPS) is 12.5. The van der Waals surface area contributed by atoms with Crippen molar-refractivity contribution in [1.82, 2.24) is 9.97 Å². The fourth-order valence-electron chi connectivity index (χ4n) is 1.02. The maximum atomic E-state index is 11.7. The summed E-state index contributed by atoms with van der Waals surface area (Å²) in [4.78, 5) is 7.55. The van der Waals surface area contributed by atoms with Crippen molar-refractivity contribution >= 4 is 27.6 Å². The molecule has 0 radical (unpaired) electrons. The minimum Gasteiger partial charge on any atom is -0.251 e. The van der Waals surface area contributed by atoms with E-state index >= 15 is 0 Å². The highest BCUT2D eigenvalue weighted by Crippen LogP contribution is 2.19. The van der Waals surface area contributed by atoms with Crippen molar-refractivity contribution in [3.8, 4) is 0 Å². The van der Waals surface area contributed by atoms with E-state index in [1.807, 2.05) is 20.8 Å². The van der Waals surface area contributed by atoms with Gasteiger partial charge >= 0.3 is 0 Å². The highest BCUT2D eigenvalue weighted by atomic mass is 35.5. The number of aromatic nitrogens is 2. The van der Waals surface area contributed by atoms with Crippen molar-refractivity contribution in [3.63, 3.8) is 0 Å². The third-order valence-corrected chi connectivity index (χ3v) is 3.43. The van der Waals surface area contributed by atoms with Gasteiger partial charge in [0.15, 0.2) is 0 Å². The minimum absolute atomic E-state index is 0.00593. The average molecular weight is 278 g/mol. The number of hydrogen-bond donors (Lipinski definition) is 1. The lowest BCUT2D eigenvalue weighted by Gasteiger charge is -2.17. The van der Waals surface area contributed by atoms with Crippen molar-refractivity contribution in [3.05, 3.63) is 17.4 Å². The zero-order valence-corrected chi connectivity index (χ0v) is 11.6. The second-order valence-corrected chi connectivity index (χ2v) is 7.16. The summed E-state index contributed by atoms with van der Waals surface area (Å²) in [7, 11) is -3.42. The van der Waals surface area contributed by atoms with E-state index in [1.54, 1.807) is 0 Å². The van der Waals surface area contributed by atoms with Crippen LogP contribution in [0.25, 0.3) is 0 Å². The fourth-order valence-corrected chi connectivity index (χ4v) is 2.51. The number of nitrogens with zero attached hydrogens (tertiary/aromatic N) is 2. The smallest absolute Gasteiger partial charge is 0.237 e. The topological polar surface area (TPSA) is 72.0 Å². The molecule has 1 N–H and O–H groups in total. The molecule has 1 aromatic rings. The molecule has 7 heteroatoms. The summed E-state index contributed by atoms with van der Waals surface area (Å²) in [6.45, 7) is 5.95. The molecule has 0 saturated heterocycles. The second kappa shape index (κ2) is 5.18. The first-order valence-electron chi connectivity index (χ1n) is 5.17. The van der Waals surface area contributed by atoms with Crippen molar-refractivity contribution < 1.29 is 8.42 Å². The standard InChI is InChI=1S/C10H16ClN3O2S/c1-10(2,3)5-7-17(15,16)14-9-12-6-4-8(11)13-9/h4,6H,5,7H2,1-3H3,(H,12,13,14). The quantitative estimate of drug-likeness (QED) is 0.857. The Hall–Kier alpha value is -0.880. The highest BCUT2D eigenvalue weighted by molar-refractivity contribution is 7.92. The van der Waals surface area contributed by atoms with Crippen molar-refractivity contribution in [2.75, 3.05) is 10.5 Å². The summed E-state index contributed by atoms with van der Waals surface area (Å²) < 4.78 is 25.7. The summed E-state index contributed by atoms with van der Waals surface area (Å²) in [5.41, 5.74) is -0.0378. The van der Waals surface area contributed by atoms with Gasteiger partial charge in [0.25, 0.3) is 0 Å². The third-order valence-electron chi connectivity index (χ3n) is 1.99. The van der Waals surface area contributed by atoms with Crippen LogP contribution in [0.1, 0.15) is 27.2 Å². The van der Waals surface area contributed by atoms with Crippen LogP contribution in [0, 0.1) is 5.41 Å². The molecule has 0 aliphatic carbocycles. The molecule has 0 unspecified atom stereocenters. The average Bonchev–Trinajstić information content (AvgIpc) is 2.13. The lowest BCUT2D eigenvalue weighted by atomic mass is 9.94. The Morgan fingerprint density at radius 2 is 2.06 bits per heavy atom. The Kier molecular flexibility index (Phi) is 4.32. The number of hydrogen-bond acceptors (Lipinski definition) is 4. The fraction of sp³-hybridized carbons (Fsp3) is 0.600. The Bertz CT molecular complexity index is 483. The van der Waals surface area contributed by atoms with E-state index in [-0.39, 0.29) is 22.3 Å². The molecule has 5 nitrogen and oxygen atoms in total. The molecule has 17 heavy (non-hydrogen) atoms. The number of nitrogens with one attached hydrogen (secondary N) is 1. The van der Waals surface area contributed by atoms with Crippen LogP contribution in [0.2, 0.25) is 5.15 Å². The largest absolute Gasteiger partial charge is 0.251 e. The zero-order chi connectivity index (χ0) is 13.1.